The van der Waals surface area contributed by atoms with Gasteiger partial charge in [0.1, 0.15) is 4.90 Å². The van der Waals surface area contributed by atoms with Gasteiger partial charge in [-0.05, 0) is 37.3 Å². The summed E-state index contributed by atoms with van der Waals surface area (Å²) < 4.78 is 26.9. The largest absolute Gasteiger partial charge is 0.397 e. The standard InChI is InChI=1S/C14H22N2O3S/c1-9-6-7-16(8-12(9)17)20(18,19)14-11(3)5-4-10(2)13(14)15/h4-5,9,12,17H,6-8,15H2,1-3H3. The lowest BCUT2D eigenvalue weighted by Gasteiger charge is -2.34. The molecule has 0 aromatic heterocycles. The van der Waals surface area contributed by atoms with Crippen LogP contribution in [0.1, 0.15) is 24.5 Å². The van der Waals surface area contributed by atoms with E-state index in [9.17, 15) is 13.5 Å². The van der Waals surface area contributed by atoms with Gasteiger partial charge in [-0.25, -0.2) is 8.42 Å². The summed E-state index contributed by atoms with van der Waals surface area (Å²) in [4.78, 5) is 0.180. The maximum absolute atomic E-state index is 12.8. The molecule has 2 rings (SSSR count). The van der Waals surface area contributed by atoms with Crippen molar-refractivity contribution in [2.45, 2.75) is 38.2 Å². The average molecular weight is 298 g/mol. The van der Waals surface area contributed by atoms with E-state index in [-0.39, 0.29) is 17.4 Å². The molecule has 6 heteroatoms. The maximum atomic E-state index is 12.8. The molecule has 1 aromatic carbocycles. The first-order valence-electron chi connectivity index (χ1n) is 6.79. The highest BCUT2D eigenvalue weighted by molar-refractivity contribution is 7.89. The zero-order valence-electron chi connectivity index (χ0n) is 12.1. The number of rotatable bonds is 2. The summed E-state index contributed by atoms with van der Waals surface area (Å²) in [6.45, 7) is 6.03. The first-order chi connectivity index (χ1) is 9.25. The number of benzene rings is 1. The van der Waals surface area contributed by atoms with E-state index in [2.05, 4.69) is 0 Å². The molecule has 0 amide bonds. The van der Waals surface area contributed by atoms with E-state index in [0.29, 0.717) is 24.2 Å². The molecule has 1 aromatic rings. The fraction of sp³-hybridized carbons (Fsp3) is 0.571. The summed E-state index contributed by atoms with van der Waals surface area (Å²) in [6, 6.07) is 3.58. The van der Waals surface area contributed by atoms with Crippen LogP contribution in [-0.2, 0) is 10.0 Å². The van der Waals surface area contributed by atoms with E-state index in [1.165, 1.54) is 4.31 Å². The van der Waals surface area contributed by atoms with Crippen LogP contribution in [0.4, 0.5) is 5.69 Å². The molecule has 5 nitrogen and oxygen atoms in total. The van der Waals surface area contributed by atoms with Gasteiger partial charge in [-0.2, -0.15) is 4.31 Å². The Morgan fingerprint density at radius 1 is 1.30 bits per heavy atom. The minimum Gasteiger partial charge on any atom is -0.397 e. The highest BCUT2D eigenvalue weighted by atomic mass is 32.2. The highest BCUT2D eigenvalue weighted by Crippen LogP contribution is 2.31. The van der Waals surface area contributed by atoms with Crippen molar-refractivity contribution in [3.63, 3.8) is 0 Å². The van der Waals surface area contributed by atoms with Crippen molar-refractivity contribution in [3.8, 4) is 0 Å². The molecule has 0 bridgehead atoms. The molecule has 1 aliphatic rings. The van der Waals surface area contributed by atoms with Crippen molar-refractivity contribution in [1.29, 1.82) is 0 Å². The Bertz CT molecular complexity index is 613. The van der Waals surface area contributed by atoms with Gasteiger partial charge in [-0.15, -0.1) is 0 Å². The third-order valence-corrected chi connectivity index (χ3v) is 6.16. The van der Waals surface area contributed by atoms with Crippen molar-refractivity contribution in [2.24, 2.45) is 5.92 Å². The van der Waals surface area contributed by atoms with Crippen LogP contribution in [0.3, 0.4) is 0 Å². The molecule has 2 unspecified atom stereocenters. The minimum atomic E-state index is -3.65. The summed E-state index contributed by atoms with van der Waals surface area (Å²) >= 11 is 0. The number of aryl methyl sites for hydroxylation is 2. The lowest BCUT2D eigenvalue weighted by molar-refractivity contribution is 0.0605. The monoisotopic (exact) mass is 298 g/mol. The van der Waals surface area contributed by atoms with Gasteiger partial charge in [-0.1, -0.05) is 19.1 Å². The van der Waals surface area contributed by atoms with Gasteiger partial charge >= 0.3 is 0 Å². The molecular weight excluding hydrogens is 276 g/mol. The molecule has 1 heterocycles. The van der Waals surface area contributed by atoms with Crippen LogP contribution in [0.5, 0.6) is 0 Å². The van der Waals surface area contributed by atoms with Crippen molar-refractivity contribution in [3.05, 3.63) is 23.3 Å². The van der Waals surface area contributed by atoms with Crippen molar-refractivity contribution in [2.75, 3.05) is 18.8 Å². The Hall–Kier alpha value is -1.11. The zero-order valence-corrected chi connectivity index (χ0v) is 12.9. The number of β-amino-alcohol motifs (C(OH)–C–C–N with tert-alkyl or cyclic N) is 1. The molecule has 2 atom stereocenters. The Morgan fingerprint density at radius 3 is 2.50 bits per heavy atom. The second-order valence-electron chi connectivity index (χ2n) is 5.64. The fourth-order valence-electron chi connectivity index (χ4n) is 2.52. The first kappa shape index (κ1) is 15.3. The van der Waals surface area contributed by atoms with Crippen LogP contribution in [0, 0.1) is 19.8 Å². The van der Waals surface area contributed by atoms with Gasteiger partial charge in [0.15, 0.2) is 0 Å². The first-order valence-corrected chi connectivity index (χ1v) is 8.23. The van der Waals surface area contributed by atoms with Crippen LogP contribution in [0.15, 0.2) is 17.0 Å². The Labute approximate surface area is 120 Å². The molecule has 1 saturated heterocycles. The van der Waals surface area contributed by atoms with Gasteiger partial charge in [0, 0.05) is 13.1 Å². The van der Waals surface area contributed by atoms with E-state index in [0.717, 1.165) is 5.56 Å². The summed E-state index contributed by atoms with van der Waals surface area (Å²) in [6.07, 6.45) is 0.0374. The van der Waals surface area contributed by atoms with Gasteiger partial charge in [-0.3, -0.25) is 0 Å². The lowest BCUT2D eigenvalue weighted by atomic mass is 9.98. The van der Waals surface area contributed by atoms with E-state index < -0.39 is 16.1 Å². The maximum Gasteiger partial charge on any atom is 0.245 e. The van der Waals surface area contributed by atoms with Crippen molar-refractivity contribution < 1.29 is 13.5 Å². The van der Waals surface area contributed by atoms with Gasteiger partial charge in [0.2, 0.25) is 10.0 Å². The highest BCUT2D eigenvalue weighted by Gasteiger charge is 2.34. The Balaban J connectivity index is 2.44. The summed E-state index contributed by atoms with van der Waals surface area (Å²) in [5.74, 6) is 0.123. The molecule has 0 spiro atoms. The Morgan fingerprint density at radius 2 is 1.90 bits per heavy atom. The second kappa shape index (κ2) is 5.35. The predicted octanol–water partition coefficient (Wildman–Crippen LogP) is 1.28. The quantitative estimate of drug-likeness (QED) is 0.806. The number of hydrogen-bond acceptors (Lipinski definition) is 4. The smallest absolute Gasteiger partial charge is 0.245 e. The van der Waals surface area contributed by atoms with E-state index in [1.54, 1.807) is 19.9 Å². The van der Waals surface area contributed by atoms with E-state index in [1.807, 2.05) is 13.0 Å². The van der Waals surface area contributed by atoms with Gasteiger partial charge < -0.3 is 10.8 Å². The van der Waals surface area contributed by atoms with E-state index in [4.69, 9.17) is 5.73 Å². The minimum absolute atomic E-state index is 0.123. The van der Waals surface area contributed by atoms with Crippen molar-refractivity contribution in [1.82, 2.24) is 4.31 Å². The Kier molecular flexibility index (Phi) is 4.09. The number of hydrogen-bond donors (Lipinski definition) is 2. The molecule has 112 valence electrons. The van der Waals surface area contributed by atoms with Gasteiger partial charge in [0.25, 0.3) is 0 Å². The van der Waals surface area contributed by atoms with E-state index >= 15 is 0 Å². The zero-order chi connectivity index (χ0) is 15.1. The molecule has 0 radical (unpaired) electrons. The molecule has 3 N–H and O–H groups in total. The van der Waals surface area contributed by atoms with Crippen LogP contribution >= 0.6 is 0 Å². The molecule has 0 aliphatic carbocycles. The van der Waals surface area contributed by atoms with Crippen LogP contribution in [-0.4, -0.2) is 37.0 Å². The van der Waals surface area contributed by atoms with Crippen LogP contribution < -0.4 is 5.73 Å². The third kappa shape index (κ3) is 2.55. The number of nitrogens with zero attached hydrogens (tertiary/aromatic N) is 1. The molecule has 0 saturated carbocycles. The number of piperidine rings is 1. The third-order valence-electron chi connectivity index (χ3n) is 4.09. The lowest BCUT2D eigenvalue weighted by Crippen LogP contribution is -2.46. The summed E-state index contributed by atoms with van der Waals surface area (Å²) in [5, 5.41) is 9.91. The second-order valence-corrected chi connectivity index (χ2v) is 7.51. The number of aliphatic hydroxyl groups is 1. The topological polar surface area (TPSA) is 83.6 Å². The summed E-state index contributed by atoms with van der Waals surface area (Å²) in [7, 11) is -3.65. The fourth-order valence-corrected chi connectivity index (χ4v) is 4.38. The number of sulfonamides is 1. The normalized spacial score (nSPS) is 24.8. The number of nitrogen functional groups attached to an aromatic ring is 1. The summed E-state index contributed by atoms with van der Waals surface area (Å²) in [5.41, 5.74) is 7.66. The van der Waals surface area contributed by atoms with Crippen LogP contribution in [0.2, 0.25) is 0 Å². The van der Waals surface area contributed by atoms with Crippen LogP contribution in [0.25, 0.3) is 0 Å². The number of aliphatic hydroxyl groups excluding tert-OH is 1. The molecule has 1 fully saturated rings. The predicted molar refractivity (Wildman–Crippen MR) is 78.9 cm³/mol. The molecule has 20 heavy (non-hydrogen) atoms. The van der Waals surface area contributed by atoms with Crippen molar-refractivity contribution >= 4 is 15.7 Å². The SMILES string of the molecule is Cc1ccc(C)c(S(=O)(=O)N2CCC(C)C(O)C2)c1N. The average Bonchev–Trinajstić information content (AvgIpc) is 2.37. The van der Waals surface area contributed by atoms with Gasteiger partial charge in [0.05, 0.1) is 11.8 Å². The molecular formula is C14H22N2O3S. The number of anilines is 1. The molecule has 1 aliphatic heterocycles. The number of nitrogens with two attached hydrogens (primary N) is 1.